The van der Waals surface area contributed by atoms with Gasteiger partial charge in [-0.2, -0.15) is 5.10 Å². The SMILES string of the molecule is Cn1nc(-c2cccc(F)c2)c2ccc(O[C@H]3CCNC[C@@H]3F)cc21. The molecule has 6 heteroatoms. The Kier molecular flexibility index (Phi) is 4.13. The molecular formula is C19H19F2N3O. The zero-order valence-electron chi connectivity index (χ0n) is 13.9. The molecule has 0 aliphatic carbocycles. The number of ether oxygens (including phenoxy) is 1. The molecule has 0 bridgehead atoms. The first kappa shape index (κ1) is 16.0. The van der Waals surface area contributed by atoms with Gasteiger partial charge in [-0.1, -0.05) is 12.1 Å². The smallest absolute Gasteiger partial charge is 0.149 e. The average Bonchev–Trinajstić information content (AvgIpc) is 2.94. The highest BCUT2D eigenvalue weighted by Gasteiger charge is 2.26. The summed E-state index contributed by atoms with van der Waals surface area (Å²) in [5, 5.41) is 8.43. The monoisotopic (exact) mass is 343 g/mol. The number of piperidine rings is 1. The number of aromatic nitrogens is 2. The minimum Gasteiger partial charge on any atom is -0.487 e. The lowest BCUT2D eigenvalue weighted by Gasteiger charge is -2.27. The topological polar surface area (TPSA) is 39.1 Å². The van der Waals surface area contributed by atoms with E-state index >= 15 is 0 Å². The first-order valence-electron chi connectivity index (χ1n) is 8.36. The molecule has 3 aromatic rings. The number of aryl methyl sites for hydroxylation is 1. The summed E-state index contributed by atoms with van der Waals surface area (Å²) in [4.78, 5) is 0. The number of halogens is 2. The predicted octanol–water partition coefficient (Wildman–Crippen LogP) is 3.46. The second-order valence-corrected chi connectivity index (χ2v) is 6.33. The molecule has 2 atom stereocenters. The third-order valence-electron chi connectivity index (χ3n) is 4.56. The number of fused-ring (bicyclic) bond motifs is 1. The molecule has 4 nitrogen and oxygen atoms in total. The lowest BCUT2D eigenvalue weighted by atomic mass is 10.1. The fourth-order valence-corrected chi connectivity index (χ4v) is 3.26. The van der Waals surface area contributed by atoms with Crippen molar-refractivity contribution in [3.63, 3.8) is 0 Å². The zero-order chi connectivity index (χ0) is 17.4. The molecule has 1 aromatic heterocycles. The van der Waals surface area contributed by atoms with Gasteiger partial charge in [0.25, 0.3) is 0 Å². The molecule has 0 amide bonds. The van der Waals surface area contributed by atoms with Gasteiger partial charge in [0.05, 0.1) is 5.52 Å². The molecule has 1 N–H and O–H groups in total. The molecule has 130 valence electrons. The quantitative estimate of drug-likeness (QED) is 0.792. The van der Waals surface area contributed by atoms with Crippen LogP contribution in [0.1, 0.15) is 6.42 Å². The lowest BCUT2D eigenvalue weighted by molar-refractivity contribution is 0.0732. The molecule has 1 aliphatic heterocycles. The standard InChI is InChI=1S/C19H19F2N3O/c1-24-17-10-14(25-18-7-8-22-11-16(18)21)5-6-15(17)19(23-24)12-3-2-4-13(20)9-12/h2-6,9-10,16,18,22H,7-8,11H2,1H3/t16-,18-/m0/s1. The Labute approximate surface area is 144 Å². The minimum absolute atomic E-state index is 0.295. The largest absolute Gasteiger partial charge is 0.487 e. The van der Waals surface area contributed by atoms with Crippen LogP contribution >= 0.6 is 0 Å². The fraction of sp³-hybridized carbons (Fsp3) is 0.316. The number of benzene rings is 2. The molecule has 1 aliphatic rings. The number of hydrogen-bond acceptors (Lipinski definition) is 3. The van der Waals surface area contributed by atoms with Gasteiger partial charge in [0.2, 0.25) is 0 Å². The molecule has 0 unspecified atom stereocenters. The van der Waals surface area contributed by atoms with Crippen LogP contribution in [0, 0.1) is 5.82 Å². The predicted molar refractivity (Wildman–Crippen MR) is 92.9 cm³/mol. The van der Waals surface area contributed by atoms with Crippen molar-refractivity contribution < 1.29 is 13.5 Å². The van der Waals surface area contributed by atoms with Crippen molar-refractivity contribution in [3.05, 3.63) is 48.3 Å². The van der Waals surface area contributed by atoms with E-state index in [1.54, 1.807) is 10.7 Å². The van der Waals surface area contributed by atoms with E-state index in [1.165, 1.54) is 12.1 Å². The van der Waals surface area contributed by atoms with E-state index in [1.807, 2.05) is 31.3 Å². The summed E-state index contributed by atoms with van der Waals surface area (Å²) in [5.74, 6) is 0.326. The summed E-state index contributed by atoms with van der Waals surface area (Å²) in [7, 11) is 1.83. The average molecular weight is 343 g/mol. The Morgan fingerprint density at radius 3 is 2.92 bits per heavy atom. The summed E-state index contributed by atoms with van der Waals surface area (Å²) >= 11 is 0. The molecule has 0 radical (unpaired) electrons. The van der Waals surface area contributed by atoms with Gasteiger partial charge in [-0.3, -0.25) is 4.68 Å². The van der Waals surface area contributed by atoms with Gasteiger partial charge < -0.3 is 10.1 Å². The van der Waals surface area contributed by atoms with Gasteiger partial charge in [0.15, 0.2) is 0 Å². The molecule has 1 saturated heterocycles. The summed E-state index contributed by atoms with van der Waals surface area (Å²) in [6, 6.07) is 12.0. The van der Waals surface area contributed by atoms with Crippen molar-refractivity contribution >= 4 is 10.9 Å². The number of alkyl halides is 1. The third-order valence-corrected chi connectivity index (χ3v) is 4.56. The highest BCUT2D eigenvalue weighted by atomic mass is 19.1. The Balaban J connectivity index is 1.69. The molecule has 0 saturated carbocycles. The van der Waals surface area contributed by atoms with E-state index in [0.29, 0.717) is 24.4 Å². The van der Waals surface area contributed by atoms with Crippen molar-refractivity contribution in [1.29, 1.82) is 0 Å². The van der Waals surface area contributed by atoms with E-state index in [2.05, 4.69) is 10.4 Å². The second-order valence-electron chi connectivity index (χ2n) is 6.33. The van der Waals surface area contributed by atoms with Crippen molar-refractivity contribution in [1.82, 2.24) is 15.1 Å². The molecule has 4 rings (SSSR count). The second kappa shape index (κ2) is 6.44. The molecule has 2 aromatic carbocycles. The molecule has 25 heavy (non-hydrogen) atoms. The molecular weight excluding hydrogens is 324 g/mol. The normalized spacial score (nSPS) is 20.8. The van der Waals surface area contributed by atoms with E-state index in [-0.39, 0.29) is 5.82 Å². The van der Waals surface area contributed by atoms with Crippen molar-refractivity contribution in [3.8, 4) is 17.0 Å². The maximum absolute atomic E-state index is 13.9. The van der Waals surface area contributed by atoms with Crippen LogP contribution in [0.5, 0.6) is 5.75 Å². The molecule has 0 spiro atoms. The van der Waals surface area contributed by atoms with Gasteiger partial charge in [-0.15, -0.1) is 0 Å². The van der Waals surface area contributed by atoms with Crippen LogP contribution in [0.3, 0.4) is 0 Å². The van der Waals surface area contributed by atoms with Gasteiger partial charge in [0, 0.05) is 30.6 Å². The molecule has 1 fully saturated rings. The van der Waals surface area contributed by atoms with Crippen molar-refractivity contribution in [2.75, 3.05) is 13.1 Å². The summed E-state index contributed by atoms with van der Waals surface area (Å²) < 4.78 is 35.1. The Hall–Kier alpha value is -2.47. The van der Waals surface area contributed by atoms with E-state index in [9.17, 15) is 8.78 Å². The van der Waals surface area contributed by atoms with Crippen LogP contribution in [0.25, 0.3) is 22.2 Å². The summed E-state index contributed by atoms with van der Waals surface area (Å²) in [6.45, 7) is 1.07. The van der Waals surface area contributed by atoms with E-state index < -0.39 is 12.3 Å². The zero-order valence-corrected chi connectivity index (χ0v) is 13.9. The van der Waals surface area contributed by atoms with Crippen LogP contribution in [-0.4, -0.2) is 35.1 Å². The van der Waals surface area contributed by atoms with Crippen LogP contribution in [-0.2, 0) is 7.05 Å². The third kappa shape index (κ3) is 3.09. The number of nitrogens with zero attached hydrogens (tertiary/aromatic N) is 2. The van der Waals surface area contributed by atoms with Crippen molar-refractivity contribution in [2.24, 2.45) is 7.05 Å². The number of rotatable bonds is 3. The number of nitrogens with one attached hydrogen (secondary N) is 1. The van der Waals surface area contributed by atoms with Gasteiger partial charge in [-0.25, -0.2) is 8.78 Å². The highest BCUT2D eigenvalue weighted by Crippen LogP contribution is 2.31. The maximum Gasteiger partial charge on any atom is 0.149 e. The van der Waals surface area contributed by atoms with Gasteiger partial charge >= 0.3 is 0 Å². The first-order valence-corrected chi connectivity index (χ1v) is 8.36. The van der Waals surface area contributed by atoms with Crippen LogP contribution in [0.15, 0.2) is 42.5 Å². The summed E-state index contributed by atoms with van der Waals surface area (Å²) in [6.07, 6.45) is -0.812. The first-order chi connectivity index (χ1) is 12.1. The lowest BCUT2D eigenvalue weighted by Crippen LogP contribution is -2.44. The van der Waals surface area contributed by atoms with E-state index in [0.717, 1.165) is 23.0 Å². The Bertz CT molecular complexity index is 909. The van der Waals surface area contributed by atoms with Crippen LogP contribution in [0.4, 0.5) is 8.78 Å². The van der Waals surface area contributed by atoms with Crippen LogP contribution in [0.2, 0.25) is 0 Å². The van der Waals surface area contributed by atoms with Crippen molar-refractivity contribution in [2.45, 2.75) is 18.7 Å². The Morgan fingerprint density at radius 1 is 1.24 bits per heavy atom. The Morgan fingerprint density at radius 2 is 2.12 bits per heavy atom. The van der Waals surface area contributed by atoms with Gasteiger partial charge in [0.1, 0.15) is 29.5 Å². The summed E-state index contributed by atoms with van der Waals surface area (Å²) in [5.41, 5.74) is 2.30. The van der Waals surface area contributed by atoms with Crippen LogP contribution < -0.4 is 10.1 Å². The molecule has 2 heterocycles. The van der Waals surface area contributed by atoms with Gasteiger partial charge in [-0.05, 0) is 37.2 Å². The number of hydrogen-bond donors (Lipinski definition) is 1. The fourth-order valence-electron chi connectivity index (χ4n) is 3.26. The highest BCUT2D eigenvalue weighted by molar-refractivity contribution is 5.94. The minimum atomic E-state index is -1.01. The van der Waals surface area contributed by atoms with E-state index in [4.69, 9.17) is 4.74 Å². The maximum atomic E-state index is 13.9.